The molecule has 6 aromatic carbocycles. The Bertz CT molecular complexity index is 2620. The van der Waals surface area contributed by atoms with Gasteiger partial charge in [0.15, 0.2) is 34.5 Å². The molecule has 8 nitrogen and oxygen atoms in total. The minimum Gasteiger partial charge on any atom is -0.490 e. The smallest absolute Gasteiger partial charge is 0.246 e. The van der Waals surface area contributed by atoms with Gasteiger partial charge >= 0.3 is 0 Å². The summed E-state index contributed by atoms with van der Waals surface area (Å²) in [6, 6.07) is 44.8. The van der Waals surface area contributed by atoms with Crippen molar-refractivity contribution in [3.8, 4) is 46.0 Å². The molecule has 6 aromatic rings. The quantitative estimate of drug-likeness (QED) is 0.149. The van der Waals surface area contributed by atoms with Crippen LogP contribution in [0.3, 0.4) is 0 Å². The maximum absolute atomic E-state index is 6.08. The number of ether oxygens (including phenoxy) is 8. The highest BCUT2D eigenvalue weighted by molar-refractivity contribution is 5.86. The van der Waals surface area contributed by atoms with Gasteiger partial charge in [-0.15, -0.1) is 0 Å². The molecule has 0 amide bonds. The topological polar surface area (TPSA) is 73.8 Å². The SMILES string of the molecule is CC.CC.CC.CC.CC.CC.CC(C)(C)C1CCc2ccccc2O1.CC(C)(C)C1CCc2ccccc2O1.CC(C)(C)C1COc2cc3ccccc3cc2O1.CC(C)(C)C1COc2ccccc2OC1.CC(C)(C)C1Oc2ccccc2O1. The molecule has 0 N–H and O–H groups in total. The molecule has 482 valence electrons. The van der Waals surface area contributed by atoms with Crippen LogP contribution in [0.15, 0.2) is 133 Å². The van der Waals surface area contributed by atoms with Crippen molar-refractivity contribution in [3.63, 3.8) is 0 Å². The Labute approximate surface area is 526 Å². The molecule has 0 aliphatic carbocycles. The zero-order valence-electron chi connectivity index (χ0n) is 59.3. The third kappa shape index (κ3) is 25.0. The predicted molar refractivity (Wildman–Crippen MR) is 370 cm³/mol. The van der Waals surface area contributed by atoms with E-state index in [1.54, 1.807) is 0 Å². The Balaban J connectivity index is 0.000000516. The first-order chi connectivity index (χ1) is 40.8. The van der Waals surface area contributed by atoms with Crippen LogP contribution in [-0.2, 0) is 12.8 Å². The van der Waals surface area contributed by atoms with Gasteiger partial charge in [0.05, 0.1) is 13.2 Å². The van der Waals surface area contributed by atoms with E-state index in [2.05, 4.69) is 165 Å². The summed E-state index contributed by atoms with van der Waals surface area (Å²) in [7, 11) is 0. The van der Waals surface area contributed by atoms with Gasteiger partial charge in [0, 0.05) is 16.7 Å². The second-order valence-corrected chi connectivity index (χ2v) is 25.7. The van der Waals surface area contributed by atoms with Gasteiger partial charge in [0.1, 0.15) is 36.4 Å². The lowest BCUT2D eigenvalue weighted by molar-refractivity contribution is -0.0396. The molecule has 0 fully saturated rings. The van der Waals surface area contributed by atoms with Gasteiger partial charge in [-0.3, -0.25) is 0 Å². The minimum absolute atomic E-state index is 0.0129. The Kier molecular flexibility index (Phi) is 34.7. The van der Waals surface area contributed by atoms with E-state index in [1.807, 2.05) is 156 Å². The van der Waals surface area contributed by atoms with Crippen LogP contribution in [0.4, 0.5) is 0 Å². The lowest BCUT2D eigenvalue weighted by Gasteiger charge is -2.35. The molecule has 5 aliphatic rings. The average molecular weight is 1190 g/mol. The summed E-state index contributed by atoms with van der Waals surface area (Å²) in [4.78, 5) is 0. The lowest BCUT2D eigenvalue weighted by Crippen LogP contribution is -2.39. The Morgan fingerprint density at radius 3 is 0.930 bits per heavy atom. The van der Waals surface area contributed by atoms with Crippen molar-refractivity contribution in [2.45, 2.75) is 237 Å². The molecule has 5 aliphatic heterocycles. The minimum atomic E-state index is -0.162. The number of para-hydroxylation sites is 6. The highest BCUT2D eigenvalue weighted by atomic mass is 16.7. The second kappa shape index (κ2) is 38.3. The van der Waals surface area contributed by atoms with Crippen LogP contribution in [0.5, 0.6) is 46.0 Å². The fourth-order valence-electron chi connectivity index (χ4n) is 8.92. The van der Waals surface area contributed by atoms with Crippen LogP contribution in [0.1, 0.15) is 211 Å². The summed E-state index contributed by atoms with van der Waals surface area (Å²) in [6.07, 6.45) is 5.24. The molecule has 8 heteroatoms. The van der Waals surface area contributed by atoms with Crippen molar-refractivity contribution in [1.82, 2.24) is 0 Å². The van der Waals surface area contributed by atoms with Gasteiger partial charge < -0.3 is 37.9 Å². The highest BCUT2D eigenvalue weighted by Gasteiger charge is 2.36. The maximum atomic E-state index is 6.08. The third-order valence-electron chi connectivity index (χ3n) is 14.2. The molecule has 0 radical (unpaired) electrons. The van der Waals surface area contributed by atoms with Crippen LogP contribution in [0.25, 0.3) is 10.8 Å². The number of benzene rings is 6. The first kappa shape index (κ1) is 78.0. The highest BCUT2D eigenvalue weighted by Crippen LogP contribution is 2.42. The van der Waals surface area contributed by atoms with Crippen molar-refractivity contribution >= 4 is 10.8 Å². The van der Waals surface area contributed by atoms with Gasteiger partial charge in [0.25, 0.3) is 0 Å². The Hall–Kier alpha value is -6.02. The van der Waals surface area contributed by atoms with E-state index in [9.17, 15) is 0 Å². The lowest BCUT2D eigenvalue weighted by atomic mass is 9.82. The van der Waals surface area contributed by atoms with Crippen molar-refractivity contribution in [3.05, 3.63) is 145 Å². The normalized spacial score (nSPS) is 16.8. The van der Waals surface area contributed by atoms with Gasteiger partial charge in [-0.2, -0.15) is 0 Å². The van der Waals surface area contributed by atoms with Crippen molar-refractivity contribution in [2.24, 2.45) is 33.0 Å². The molecule has 0 saturated carbocycles. The number of hydrogen-bond donors (Lipinski definition) is 0. The van der Waals surface area contributed by atoms with Crippen molar-refractivity contribution < 1.29 is 37.9 Å². The average Bonchev–Trinajstić information content (AvgIpc) is 2.75. The standard InChI is InChI=1S/C16H18O2.C13H18O2.2C13H18O.C11H14O2.6C2H6/c1-16(2,3)15-10-17-13-8-11-6-4-5-7-12(11)9-14(13)18-15;1-13(2,3)10-8-14-11-6-4-5-7-12(11)15-9-10;2*1-13(2,3)12-9-8-10-6-4-5-7-11(10)14-12;1-11(2,3)10-12-8-6-4-5-7-9(8)13-10;6*1-2/h4-9,15H,10H2,1-3H3;4-7,10H,8-9H2,1-3H3;2*4-7,12H,8-9H2,1-3H3;4-7,10H,1-3H3;6*1-2H3. The second-order valence-electron chi connectivity index (χ2n) is 25.7. The summed E-state index contributed by atoms with van der Waals surface area (Å²) < 4.78 is 46.7. The molecule has 5 heterocycles. The molecule has 0 spiro atoms. The summed E-state index contributed by atoms with van der Waals surface area (Å²) in [6.45, 7) is 59.0. The molecular weight excluding hydrogens is 1060 g/mol. The van der Waals surface area contributed by atoms with E-state index < -0.39 is 0 Å². The van der Waals surface area contributed by atoms with Crippen LogP contribution in [0, 0.1) is 33.0 Å². The zero-order chi connectivity index (χ0) is 65.5. The third-order valence-corrected chi connectivity index (χ3v) is 14.2. The van der Waals surface area contributed by atoms with Crippen LogP contribution >= 0.6 is 0 Å². The molecule has 3 unspecified atom stereocenters. The molecule has 0 bridgehead atoms. The molecular formula is C78H122O8. The van der Waals surface area contributed by atoms with E-state index in [-0.39, 0.29) is 39.5 Å². The largest absolute Gasteiger partial charge is 0.490 e. The molecule has 0 saturated heterocycles. The van der Waals surface area contributed by atoms with Crippen LogP contribution in [-0.4, -0.2) is 44.4 Å². The van der Waals surface area contributed by atoms with Gasteiger partial charge in [-0.1, -0.05) is 272 Å². The Morgan fingerprint density at radius 2 is 0.581 bits per heavy atom. The van der Waals surface area contributed by atoms with Crippen molar-refractivity contribution in [2.75, 3.05) is 19.8 Å². The van der Waals surface area contributed by atoms with E-state index in [0.29, 0.717) is 24.7 Å². The van der Waals surface area contributed by atoms with Gasteiger partial charge in [-0.25, -0.2) is 0 Å². The molecule has 11 rings (SSSR count). The zero-order valence-corrected chi connectivity index (χ0v) is 59.3. The number of hydrogen-bond acceptors (Lipinski definition) is 8. The fourth-order valence-corrected chi connectivity index (χ4v) is 8.92. The van der Waals surface area contributed by atoms with E-state index in [1.165, 1.54) is 21.9 Å². The fraction of sp³-hybridized carbons (Fsp3) is 0.564. The molecule has 86 heavy (non-hydrogen) atoms. The summed E-state index contributed by atoms with van der Waals surface area (Å²) in [5.41, 5.74) is 3.52. The summed E-state index contributed by atoms with van der Waals surface area (Å²) in [5, 5.41) is 2.38. The molecule has 3 atom stereocenters. The number of fused-ring (bicyclic) bond motifs is 6. The summed E-state index contributed by atoms with van der Waals surface area (Å²) >= 11 is 0. The van der Waals surface area contributed by atoms with Crippen LogP contribution < -0.4 is 37.9 Å². The van der Waals surface area contributed by atoms with Gasteiger partial charge in [0.2, 0.25) is 6.29 Å². The predicted octanol–water partition coefficient (Wildman–Crippen LogP) is 23.0. The first-order valence-corrected chi connectivity index (χ1v) is 32.9. The summed E-state index contributed by atoms with van der Waals surface area (Å²) in [5.74, 6) is 7.75. The monoisotopic (exact) mass is 1190 g/mol. The van der Waals surface area contributed by atoms with E-state index in [0.717, 1.165) is 84.9 Å². The maximum Gasteiger partial charge on any atom is 0.246 e. The van der Waals surface area contributed by atoms with E-state index >= 15 is 0 Å². The van der Waals surface area contributed by atoms with Crippen molar-refractivity contribution in [1.29, 1.82) is 0 Å². The number of aryl methyl sites for hydroxylation is 2. The molecule has 0 aromatic heterocycles. The van der Waals surface area contributed by atoms with Crippen LogP contribution in [0.2, 0.25) is 0 Å². The van der Waals surface area contributed by atoms with Gasteiger partial charge in [-0.05, 0) is 112 Å². The Morgan fingerprint density at radius 1 is 0.279 bits per heavy atom. The number of rotatable bonds is 0. The first-order valence-electron chi connectivity index (χ1n) is 32.9. The van der Waals surface area contributed by atoms with E-state index in [4.69, 9.17) is 37.9 Å².